The van der Waals surface area contributed by atoms with Crippen LogP contribution in [-0.2, 0) is 15.8 Å². The molecule has 0 saturated carbocycles. The number of hydrogen-bond donors (Lipinski definition) is 1. The molecule has 8 nitrogen and oxygen atoms in total. The van der Waals surface area contributed by atoms with Crippen molar-refractivity contribution in [3.8, 4) is 5.69 Å². The molecule has 1 saturated heterocycles. The van der Waals surface area contributed by atoms with Crippen LogP contribution in [0.15, 0.2) is 60.2 Å². The maximum Gasteiger partial charge on any atom is 0.416 e. The molecule has 0 radical (unpaired) electrons. The van der Waals surface area contributed by atoms with E-state index in [1.807, 2.05) is 0 Å². The van der Waals surface area contributed by atoms with Gasteiger partial charge in [0.25, 0.3) is 17.5 Å². The number of aryl methyl sites for hydroxylation is 1. The lowest BCUT2D eigenvalue weighted by Crippen LogP contribution is -2.54. The molecule has 2 amide bonds. The lowest BCUT2D eigenvalue weighted by atomic mass is 10.1. The van der Waals surface area contributed by atoms with Crippen molar-refractivity contribution < 1.29 is 27.7 Å². The van der Waals surface area contributed by atoms with Crippen molar-refractivity contribution in [2.75, 3.05) is 4.90 Å². The number of hydrogen-bond acceptors (Lipinski definition) is 5. The maximum absolute atomic E-state index is 13.3. The van der Waals surface area contributed by atoms with Crippen LogP contribution in [0.4, 0.5) is 24.5 Å². The molecule has 1 N–H and O–H groups in total. The molecule has 2 aromatic carbocycles. The summed E-state index contributed by atoms with van der Waals surface area (Å²) in [6.45, 7) is 3.46. The highest BCUT2D eigenvalue weighted by Gasteiger charge is 2.37. The minimum atomic E-state index is -4.64. The molecule has 1 aliphatic heterocycles. The Labute approximate surface area is 207 Å². The average Bonchev–Trinajstić information content (AvgIpc) is 3.08. The van der Waals surface area contributed by atoms with Crippen LogP contribution in [0, 0.1) is 24.0 Å². The van der Waals surface area contributed by atoms with Crippen LogP contribution in [0.5, 0.6) is 0 Å². The zero-order chi connectivity index (χ0) is 26.4. The van der Waals surface area contributed by atoms with E-state index in [4.69, 9.17) is 12.2 Å². The molecule has 1 fully saturated rings. The summed E-state index contributed by atoms with van der Waals surface area (Å²) < 4.78 is 41.3. The molecule has 0 bridgehead atoms. The molecule has 2 heterocycles. The van der Waals surface area contributed by atoms with Gasteiger partial charge in [-0.3, -0.25) is 29.9 Å². The Hall–Kier alpha value is -4.32. The van der Waals surface area contributed by atoms with Crippen molar-refractivity contribution in [1.82, 2.24) is 9.88 Å². The molecule has 0 atom stereocenters. The molecular weight excluding hydrogens is 497 g/mol. The minimum Gasteiger partial charge on any atom is -0.318 e. The van der Waals surface area contributed by atoms with Crippen LogP contribution < -0.4 is 10.2 Å². The van der Waals surface area contributed by atoms with Gasteiger partial charge < -0.3 is 4.57 Å². The van der Waals surface area contributed by atoms with E-state index in [-0.39, 0.29) is 22.1 Å². The van der Waals surface area contributed by atoms with Gasteiger partial charge in [-0.1, -0.05) is 12.1 Å². The average molecular weight is 514 g/mol. The van der Waals surface area contributed by atoms with Gasteiger partial charge in [-0.2, -0.15) is 13.2 Å². The van der Waals surface area contributed by atoms with Crippen molar-refractivity contribution in [3.05, 3.63) is 92.8 Å². The van der Waals surface area contributed by atoms with Crippen LogP contribution in [0.3, 0.4) is 0 Å². The second-order valence-electron chi connectivity index (χ2n) is 7.94. The Balaban J connectivity index is 1.76. The first-order valence-corrected chi connectivity index (χ1v) is 10.8. The van der Waals surface area contributed by atoms with E-state index in [2.05, 4.69) is 5.32 Å². The normalized spacial score (nSPS) is 15.4. The van der Waals surface area contributed by atoms with Crippen LogP contribution >= 0.6 is 12.2 Å². The predicted molar refractivity (Wildman–Crippen MR) is 130 cm³/mol. The Kier molecular flexibility index (Phi) is 6.23. The molecule has 3 aromatic rings. The number of carbonyl (C=O) groups is 2. The predicted octanol–water partition coefficient (Wildman–Crippen LogP) is 4.85. The fraction of sp³-hybridized carbons (Fsp3) is 0.125. The number of rotatable bonds is 4. The number of thiocarbonyl (C=S) groups is 1. The fourth-order valence-electron chi connectivity index (χ4n) is 3.95. The van der Waals surface area contributed by atoms with Crippen molar-refractivity contribution in [2.45, 2.75) is 20.0 Å². The van der Waals surface area contributed by atoms with E-state index in [9.17, 15) is 32.9 Å². The van der Waals surface area contributed by atoms with Gasteiger partial charge in [0.15, 0.2) is 5.11 Å². The summed E-state index contributed by atoms with van der Waals surface area (Å²) in [7, 11) is 0. The molecule has 12 heteroatoms. The topological polar surface area (TPSA) is 97.5 Å². The smallest absolute Gasteiger partial charge is 0.318 e. The highest BCUT2D eigenvalue weighted by atomic mass is 32.1. The number of nitrogens with zero attached hydrogens (tertiary/aromatic N) is 3. The number of nitrogens with one attached hydrogen (secondary N) is 1. The summed E-state index contributed by atoms with van der Waals surface area (Å²) >= 11 is 5.07. The Morgan fingerprint density at radius 3 is 2.36 bits per heavy atom. The summed E-state index contributed by atoms with van der Waals surface area (Å²) in [6.07, 6.45) is -3.32. The minimum absolute atomic E-state index is 0.105. The summed E-state index contributed by atoms with van der Waals surface area (Å²) in [5.41, 5.74) is 0.677. The van der Waals surface area contributed by atoms with Crippen molar-refractivity contribution in [2.24, 2.45) is 0 Å². The van der Waals surface area contributed by atoms with E-state index in [0.29, 0.717) is 22.6 Å². The maximum atomic E-state index is 13.3. The number of anilines is 1. The first kappa shape index (κ1) is 24.8. The van der Waals surface area contributed by atoms with Gasteiger partial charge in [0.05, 0.1) is 21.9 Å². The first-order chi connectivity index (χ1) is 16.9. The monoisotopic (exact) mass is 514 g/mol. The number of non-ortho nitro benzene ring substituents is 1. The fourth-order valence-corrected chi connectivity index (χ4v) is 4.23. The molecule has 0 unspecified atom stereocenters. The summed E-state index contributed by atoms with van der Waals surface area (Å²) in [4.78, 5) is 37.4. The third-order valence-corrected chi connectivity index (χ3v) is 5.89. The van der Waals surface area contributed by atoms with Crippen LogP contribution in [0.1, 0.15) is 22.5 Å². The van der Waals surface area contributed by atoms with E-state index < -0.39 is 28.5 Å². The molecule has 1 aromatic heterocycles. The van der Waals surface area contributed by atoms with Gasteiger partial charge in [-0.05, 0) is 68.0 Å². The molecule has 4 rings (SSSR count). The number of amides is 2. The number of aromatic nitrogens is 1. The van der Waals surface area contributed by atoms with Crippen LogP contribution in [-0.4, -0.2) is 26.4 Å². The highest BCUT2D eigenvalue weighted by Crippen LogP contribution is 2.33. The van der Waals surface area contributed by atoms with Gasteiger partial charge in [-0.25, -0.2) is 0 Å². The van der Waals surface area contributed by atoms with Crippen LogP contribution in [0.25, 0.3) is 11.8 Å². The largest absolute Gasteiger partial charge is 0.416 e. The number of halogens is 3. The third-order valence-electron chi connectivity index (χ3n) is 5.60. The highest BCUT2D eigenvalue weighted by molar-refractivity contribution is 7.80. The van der Waals surface area contributed by atoms with Crippen molar-refractivity contribution in [3.63, 3.8) is 0 Å². The van der Waals surface area contributed by atoms with Gasteiger partial charge in [0.2, 0.25) is 0 Å². The van der Waals surface area contributed by atoms with Crippen molar-refractivity contribution >= 4 is 46.6 Å². The van der Waals surface area contributed by atoms with E-state index in [0.717, 1.165) is 23.1 Å². The number of benzene rings is 2. The standard InChI is InChI=1S/C24H17F3N4O4S/c1-13-9-15(14(2)29(13)18-7-4-8-19(12-18)31(34)35)10-20-21(32)28-23(36)30(22(20)33)17-6-3-5-16(11-17)24(25,26)27/h3-12H,1-2H3,(H,28,32,36)/b20-10+. The SMILES string of the molecule is Cc1cc(/C=C2\C(=O)NC(=S)N(c3cccc(C(F)(F)F)c3)C2=O)c(C)n1-c1cccc([N+](=O)[O-])c1. The van der Waals surface area contributed by atoms with E-state index >= 15 is 0 Å². The molecule has 0 aliphatic carbocycles. The van der Waals surface area contributed by atoms with Gasteiger partial charge in [0, 0.05) is 23.5 Å². The zero-order valence-corrected chi connectivity index (χ0v) is 19.6. The summed E-state index contributed by atoms with van der Waals surface area (Å²) in [5, 5.41) is 13.2. The summed E-state index contributed by atoms with van der Waals surface area (Å²) in [5.74, 6) is -1.68. The van der Waals surface area contributed by atoms with E-state index in [1.54, 1.807) is 30.5 Å². The van der Waals surface area contributed by atoms with Gasteiger partial charge in [0.1, 0.15) is 5.57 Å². The second-order valence-corrected chi connectivity index (χ2v) is 8.33. The quantitative estimate of drug-likeness (QED) is 0.177. The number of carbonyl (C=O) groups excluding carboxylic acids is 2. The van der Waals surface area contributed by atoms with Crippen LogP contribution in [0.2, 0.25) is 0 Å². The molecule has 1 aliphatic rings. The first-order valence-electron chi connectivity index (χ1n) is 10.4. The zero-order valence-electron chi connectivity index (χ0n) is 18.8. The number of nitro benzene ring substituents is 1. The molecule has 0 spiro atoms. The molecular formula is C24H17F3N4O4S. The second kappa shape index (κ2) is 9.04. The number of nitro groups is 1. The number of alkyl halides is 3. The molecule has 36 heavy (non-hydrogen) atoms. The third kappa shape index (κ3) is 4.50. The summed E-state index contributed by atoms with van der Waals surface area (Å²) in [6, 6.07) is 11.7. The Bertz CT molecular complexity index is 1480. The molecule has 184 valence electrons. The van der Waals surface area contributed by atoms with Crippen molar-refractivity contribution in [1.29, 1.82) is 0 Å². The van der Waals surface area contributed by atoms with E-state index in [1.165, 1.54) is 30.3 Å². The van der Waals surface area contributed by atoms with Gasteiger partial charge >= 0.3 is 6.18 Å². The van der Waals surface area contributed by atoms with Gasteiger partial charge in [-0.15, -0.1) is 0 Å². The lowest BCUT2D eigenvalue weighted by molar-refractivity contribution is -0.384. The Morgan fingerprint density at radius 2 is 1.69 bits per heavy atom. The lowest BCUT2D eigenvalue weighted by Gasteiger charge is -2.29. The Morgan fingerprint density at radius 1 is 1.03 bits per heavy atom.